The van der Waals surface area contributed by atoms with Gasteiger partial charge in [-0.05, 0) is 51.9 Å². The summed E-state index contributed by atoms with van der Waals surface area (Å²) in [5, 5.41) is 7.05. The van der Waals surface area contributed by atoms with E-state index < -0.39 is 0 Å². The first-order valence-corrected chi connectivity index (χ1v) is 12.5. The van der Waals surface area contributed by atoms with E-state index in [1.165, 1.54) is 19.3 Å². The van der Waals surface area contributed by atoms with E-state index in [9.17, 15) is 4.79 Å². The molecule has 6 nitrogen and oxygen atoms in total. The largest absolute Gasteiger partial charge is 0.373 e. The molecule has 1 saturated heterocycles. The molecule has 1 aliphatic carbocycles. The first-order valence-electron chi connectivity index (χ1n) is 12.5. The first kappa shape index (κ1) is 28.5. The van der Waals surface area contributed by atoms with Gasteiger partial charge in [0.25, 0.3) is 0 Å². The number of aliphatic imine (C=N–C) groups is 1. The summed E-state index contributed by atoms with van der Waals surface area (Å²) in [5.74, 6) is 1.42. The average molecular weight is 551 g/mol. The van der Waals surface area contributed by atoms with Crippen molar-refractivity contribution in [3.63, 3.8) is 0 Å². The van der Waals surface area contributed by atoms with E-state index >= 15 is 0 Å². The maximum atomic E-state index is 12.6. The molecule has 2 N–H and O–H groups in total. The minimum atomic E-state index is -0.0816. The Morgan fingerprint density at radius 2 is 1.74 bits per heavy atom. The van der Waals surface area contributed by atoms with Crippen LogP contribution in [0.15, 0.2) is 4.99 Å². The van der Waals surface area contributed by atoms with Gasteiger partial charge in [-0.15, -0.1) is 24.0 Å². The molecular formula is C24H47IN4O2. The van der Waals surface area contributed by atoms with E-state index in [1.54, 1.807) is 0 Å². The van der Waals surface area contributed by atoms with Crippen LogP contribution >= 0.6 is 24.0 Å². The van der Waals surface area contributed by atoms with Gasteiger partial charge in [0.1, 0.15) is 0 Å². The van der Waals surface area contributed by atoms with E-state index in [0.29, 0.717) is 11.9 Å². The van der Waals surface area contributed by atoms with Crippen molar-refractivity contribution in [2.75, 3.05) is 32.8 Å². The zero-order chi connectivity index (χ0) is 21.8. The third-order valence-corrected chi connectivity index (χ3v) is 6.73. The van der Waals surface area contributed by atoms with Gasteiger partial charge in [-0.3, -0.25) is 9.79 Å². The SMILES string of the molecule is CCCOC1(CN=C(NCC)NC2CCN(C(=O)C(CC)CC)CC2)CCCCC1.I. The van der Waals surface area contributed by atoms with Crippen molar-refractivity contribution in [1.29, 1.82) is 0 Å². The van der Waals surface area contributed by atoms with Gasteiger partial charge in [-0.1, -0.05) is 40.0 Å². The number of nitrogens with zero attached hydrogens (tertiary/aromatic N) is 2. The van der Waals surface area contributed by atoms with E-state index in [-0.39, 0.29) is 35.5 Å². The van der Waals surface area contributed by atoms with Crippen LogP contribution in [0, 0.1) is 5.92 Å². The summed E-state index contributed by atoms with van der Waals surface area (Å²) in [5.41, 5.74) is -0.0816. The Hall–Kier alpha value is -0.570. The molecule has 31 heavy (non-hydrogen) atoms. The number of rotatable bonds is 10. The number of likely N-dealkylation sites (tertiary alicyclic amines) is 1. The zero-order valence-electron chi connectivity index (χ0n) is 20.4. The maximum Gasteiger partial charge on any atom is 0.225 e. The number of guanidine groups is 1. The van der Waals surface area contributed by atoms with Crippen LogP contribution in [0.3, 0.4) is 0 Å². The summed E-state index contributed by atoms with van der Waals surface area (Å²) < 4.78 is 6.32. The summed E-state index contributed by atoms with van der Waals surface area (Å²) in [4.78, 5) is 19.7. The molecular weight excluding hydrogens is 503 g/mol. The van der Waals surface area contributed by atoms with Crippen LogP contribution in [0.25, 0.3) is 0 Å². The van der Waals surface area contributed by atoms with Crippen LogP contribution in [0.5, 0.6) is 0 Å². The molecule has 0 aromatic heterocycles. The highest BCUT2D eigenvalue weighted by molar-refractivity contribution is 14.0. The summed E-state index contributed by atoms with van der Waals surface area (Å²) in [6.45, 7) is 12.6. The van der Waals surface area contributed by atoms with Crippen molar-refractivity contribution >= 4 is 35.8 Å². The Kier molecular flexibility index (Phi) is 14.0. The fourth-order valence-corrected chi connectivity index (χ4v) is 4.74. The molecule has 2 fully saturated rings. The molecule has 2 rings (SSSR count). The van der Waals surface area contributed by atoms with Crippen molar-refractivity contribution in [2.45, 2.75) is 104 Å². The quantitative estimate of drug-likeness (QED) is 0.235. The molecule has 1 heterocycles. The normalized spacial score (nSPS) is 19.8. The molecule has 0 spiro atoms. The predicted molar refractivity (Wildman–Crippen MR) is 140 cm³/mol. The number of ether oxygens (including phenoxy) is 1. The number of carbonyl (C=O) groups excluding carboxylic acids is 1. The third kappa shape index (κ3) is 9.06. The lowest BCUT2D eigenvalue weighted by atomic mass is 9.84. The van der Waals surface area contributed by atoms with Crippen LogP contribution < -0.4 is 10.6 Å². The number of hydrogen-bond acceptors (Lipinski definition) is 3. The number of halogens is 1. The second-order valence-electron chi connectivity index (χ2n) is 9.04. The van der Waals surface area contributed by atoms with Crippen molar-refractivity contribution in [1.82, 2.24) is 15.5 Å². The fourth-order valence-electron chi connectivity index (χ4n) is 4.74. The van der Waals surface area contributed by atoms with Crippen molar-refractivity contribution in [3.8, 4) is 0 Å². The number of piperidine rings is 1. The fraction of sp³-hybridized carbons (Fsp3) is 0.917. The van der Waals surface area contributed by atoms with E-state index in [4.69, 9.17) is 9.73 Å². The smallest absolute Gasteiger partial charge is 0.225 e. The molecule has 182 valence electrons. The summed E-state index contributed by atoms with van der Waals surface area (Å²) in [7, 11) is 0. The Bertz CT molecular complexity index is 526. The molecule has 2 aliphatic rings. The minimum absolute atomic E-state index is 0. The standard InChI is InChI=1S/C24H46N4O2.HI/c1-5-18-30-24(14-10-9-11-15-24)19-26-23(25-8-4)27-21-12-16-28(17-13-21)22(29)20(6-2)7-3;/h20-21H,5-19H2,1-4H3,(H2,25,26,27);1H. The monoisotopic (exact) mass is 550 g/mol. The van der Waals surface area contributed by atoms with Gasteiger partial charge >= 0.3 is 0 Å². The number of amides is 1. The van der Waals surface area contributed by atoms with Gasteiger partial charge < -0.3 is 20.3 Å². The summed E-state index contributed by atoms with van der Waals surface area (Å²) >= 11 is 0. The Labute approximate surface area is 207 Å². The minimum Gasteiger partial charge on any atom is -0.373 e. The van der Waals surface area contributed by atoms with Gasteiger partial charge in [0, 0.05) is 38.2 Å². The highest BCUT2D eigenvalue weighted by Gasteiger charge is 2.33. The van der Waals surface area contributed by atoms with Crippen LogP contribution in [0.1, 0.15) is 91.9 Å². The van der Waals surface area contributed by atoms with Crippen molar-refractivity contribution in [2.24, 2.45) is 10.9 Å². The van der Waals surface area contributed by atoms with E-state index in [1.807, 2.05) is 0 Å². The summed E-state index contributed by atoms with van der Waals surface area (Å²) in [6, 6.07) is 0.368. The molecule has 1 saturated carbocycles. The van der Waals surface area contributed by atoms with Crippen molar-refractivity contribution in [3.05, 3.63) is 0 Å². The Morgan fingerprint density at radius 3 is 2.29 bits per heavy atom. The second kappa shape index (κ2) is 15.3. The van der Waals surface area contributed by atoms with Crippen LogP contribution in [-0.4, -0.2) is 61.2 Å². The molecule has 1 amide bonds. The lowest BCUT2D eigenvalue weighted by Crippen LogP contribution is -2.51. The predicted octanol–water partition coefficient (Wildman–Crippen LogP) is 4.72. The van der Waals surface area contributed by atoms with Gasteiger partial charge in [0.05, 0.1) is 12.1 Å². The number of hydrogen-bond donors (Lipinski definition) is 2. The highest BCUT2D eigenvalue weighted by Crippen LogP contribution is 2.32. The van der Waals surface area contributed by atoms with Crippen LogP contribution in [0.2, 0.25) is 0 Å². The van der Waals surface area contributed by atoms with Gasteiger partial charge in [0.2, 0.25) is 5.91 Å². The summed E-state index contributed by atoms with van der Waals surface area (Å²) in [6.07, 6.45) is 10.9. The average Bonchev–Trinajstić information content (AvgIpc) is 2.78. The zero-order valence-corrected chi connectivity index (χ0v) is 22.7. The van der Waals surface area contributed by atoms with Crippen LogP contribution in [0.4, 0.5) is 0 Å². The van der Waals surface area contributed by atoms with Gasteiger partial charge in [0.15, 0.2) is 5.96 Å². The molecule has 0 atom stereocenters. The van der Waals surface area contributed by atoms with E-state index in [0.717, 1.165) is 83.7 Å². The maximum absolute atomic E-state index is 12.6. The topological polar surface area (TPSA) is 66.0 Å². The highest BCUT2D eigenvalue weighted by atomic mass is 127. The Morgan fingerprint density at radius 1 is 1.10 bits per heavy atom. The lowest BCUT2D eigenvalue weighted by molar-refractivity contribution is -0.136. The third-order valence-electron chi connectivity index (χ3n) is 6.73. The second-order valence-corrected chi connectivity index (χ2v) is 9.04. The van der Waals surface area contributed by atoms with Crippen molar-refractivity contribution < 1.29 is 9.53 Å². The van der Waals surface area contributed by atoms with Gasteiger partial charge in [-0.25, -0.2) is 0 Å². The molecule has 7 heteroatoms. The molecule has 0 bridgehead atoms. The van der Waals surface area contributed by atoms with E-state index in [2.05, 4.69) is 43.2 Å². The molecule has 1 aliphatic heterocycles. The number of carbonyl (C=O) groups is 1. The molecule has 0 aromatic rings. The number of nitrogens with one attached hydrogen (secondary N) is 2. The van der Waals surface area contributed by atoms with Crippen LogP contribution in [-0.2, 0) is 9.53 Å². The Balaban J connectivity index is 0.00000480. The lowest BCUT2D eigenvalue weighted by Gasteiger charge is -2.37. The molecule has 0 aromatic carbocycles. The molecule has 0 unspecified atom stereocenters. The first-order chi connectivity index (χ1) is 14.6. The van der Waals surface area contributed by atoms with Gasteiger partial charge in [-0.2, -0.15) is 0 Å². The molecule has 0 radical (unpaired) electrons.